The third kappa shape index (κ3) is 2.18. The molecule has 5 nitrogen and oxygen atoms in total. The second-order valence-corrected chi connectivity index (χ2v) is 3.90. The van der Waals surface area contributed by atoms with Gasteiger partial charge in [-0.15, -0.1) is 5.12 Å². The smallest absolute Gasteiger partial charge is 0.274 e. The van der Waals surface area contributed by atoms with Crippen LogP contribution in [0.25, 0.3) is 0 Å². The molecule has 1 aromatic carbocycles. The molecule has 0 bridgehead atoms. The Morgan fingerprint density at radius 2 is 2.00 bits per heavy atom. The van der Waals surface area contributed by atoms with Crippen LogP contribution >= 0.6 is 0 Å². The zero-order chi connectivity index (χ0) is 12.4. The number of carbonyl (C=O) groups excluding carboxylic acids is 2. The molecule has 0 saturated heterocycles. The number of hydrazone groups is 1. The Hall–Kier alpha value is -2.17. The van der Waals surface area contributed by atoms with Gasteiger partial charge in [0.15, 0.2) is 0 Å². The van der Waals surface area contributed by atoms with Crippen LogP contribution in [0.3, 0.4) is 0 Å². The summed E-state index contributed by atoms with van der Waals surface area (Å²) in [7, 11) is 0. The lowest BCUT2D eigenvalue weighted by molar-refractivity contribution is -0.139. The number of hydrazine groups is 1. The van der Waals surface area contributed by atoms with Crippen LogP contribution < -0.4 is 5.43 Å². The van der Waals surface area contributed by atoms with E-state index in [1.54, 1.807) is 6.92 Å². The maximum Gasteiger partial charge on any atom is 0.275 e. The van der Waals surface area contributed by atoms with Gasteiger partial charge in [0.1, 0.15) is 5.92 Å². The van der Waals surface area contributed by atoms with Gasteiger partial charge in [-0.25, -0.2) is 5.43 Å². The third-order valence-corrected chi connectivity index (χ3v) is 2.53. The molecule has 88 valence electrons. The van der Waals surface area contributed by atoms with E-state index in [0.717, 1.165) is 10.7 Å². The third-order valence-electron chi connectivity index (χ3n) is 2.53. The standard InChI is InChI=1S/C12H13N3O2/c1-8-11(10-6-4-3-5-7-10)12(17)15(13-8)14-9(2)16/h3-7,11H,1-2H3,(H,14,16). The Labute approximate surface area is 99.1 Å². The number of hydrogen-bond acceptors (Lipinski definition) is 3. The Morgan fingerprint density at radius 3 is 2.59 bits per heavy atom. The van der Waals surface area contributed by atoms with E-state index in [0.29, 0.717) is 5.71 Å². The Bertz CT molecular complexity index is 482. The molecule has 0 spiro atoms. The molecule has 0 aliphatic carbocycles. The monoisotopic (exact) mass is 231 g/mol. The molecule has 0 radical (unpaired) electrons. The van der Waals surface area contributed by atoms with Gasteiger partial charge in [0.25, 0.3) is 5.91 Å². The highest BCUT2D eigenvalue weighted by molar-refractivity contribution is 6.11. The lowest BCUT2D eigenvalue weighted by Crippen LogP contribution is -2.40. The molecule has 0 aromatic heterocycles. The van der Waals surface area contributed by atoms with Crippen molar-refractivity contribution in [3.63, 3.8) is 0 Å². The molecule has 5 heteroatoms. The number of benzene rings is 1. The second-order valence-electron chi connectivity index (χ2n) is 3.90. The van der Waals surface area contributed by atoms with Crippen molar-refractivity contribution >= 4 is 17.5 Å². The second kappa shape index (κ2) is 4.37. The van der Waals surface area contributed by atoms with E-state index in [2.05, 4.69) is 10.5 Å². The minimum atomic E-state index is -0.400. The van der Waals surface area contributed by atoms with Gasteiger partial charge in [0.05, 0.1) is 5.71 Å². The van der Waals surface area contributed by atoms with Crippen molar-refractivity contribution in [1.29, 1.82) is 0 Å². The van der Waals surface area contributed by atoms with Crippen LogP contribution in [-0.2, 0) is 9.59 Å². The summed E-state index contributed by atoms with van der Waals surface area (Å²) >= 11 is 0. The number of hydrogen-bond donors (Lipinski definition) is 1. The predicted molar refractivity (Wildman–Crippen MR) is 63.0 cm³/mol. The Kier molecular flexibility index (Phi) is 2.91. The lowest BCUT2D eigenvalue weighted by atomic mass is 9.95. The van der Waals surface area contributed by atoms with Crippen LogP contribution in [0.1, 0.15) is 25.3 Å². The van der Waals surface area contributed by atoms with Gasteiger partial charge in [-0.1, -0.05) is 30.3 Å². The van der Waals surface area contributed by atoms with Crippen molar-refractivity contribution in [3.05, 3.63) is 35.9 Å². The average molecular weight is 231 g/mol. The average Bonchev–Trinajstić information content (AvgIpc) is 2.54. The summed E-state index contributed by atoms with van der Waals surface area (Å²) in [6.07, 6.45) is 0. The summed E-state index contributed by atoms with van der Waals surface area (Å²) in [6.45, 7) is 3.12. The Morgan fingerprint density at radius 1 is 1.35 bits per heavy atom. The number of carbonyl (C=O) groups is 2. The van der Waals surface area contributed by atoms with E-state index in [1.807, 2.05) is 30.3 Å². The lowest BCUT2D eigenvalue weighted by Gasteiger charge is -2.13. The summed E-state index contributed by atoms with van der Waals surface area (Å²) < 4.78 is 0. The quantitative estimate of drug-likeness (QED) is 0.826. The first-order valence-corrected chi connectivity index (χ1v) is 5.31. The van der Waals surface area contributed by atoms with Crippen LogP contribution in [0.2, 0.25) is 0 Å². The first-order chi connectivity index (χ1) is 8.09. The highest BCUT2D eigenvalue weighted by atomic mass is 16.2. The minimum absolute atomic E-state index is 0.232. The zero-order valence-corrected chi connectivity index (χ0v) is 9.68. The molecule has 1 unspecified atom stereocenters. The summed E-state index contributed by atoms with van der Waals surface area (Å²) in [5, 5.41) is 5.05. The van der Waals surface area contributed by atoms with Gasteiger partial charge in [-0.05, 0) is 12.5 Å². The molecule has 1 aromatic rings. The maximum absolute atomic E-state index is 12.0. The number of nitrogens with zero attached hydrogens (tertiary/aromatic N) is 2. The van der Waals surface area contributed by atoms with Gasteiger partial charge in [-0.2, -0.15) is 5.10 Å². The van der Waals surface area contributed by atoms with Gasteiger partial charge in [0, 0.05) is 6.92 Å². The van der Waals surface area contributed by atoms with E-state index >= 15 is 0 Å². The van der Waals surface area contributed by atoms with Crippen molar-refractivity contribution in [1.82, 2.24) is 10.5 Å². The maximum atomic E-state index is 12.0. The largest absolute Gasteiger partial charge is 0.275 e. The molecular weight excluding hydrogens is 218 g/mol. The molecule has 0 saturated carbocycles. The Balaban J connectivity index is 2.25. The van der Waals surface area contributed by atoms with E-state index in [1.165, 1.54) is 6.92 Å². The molecule has 17 heavy (non-hydrogen) atoms. The fraction of sp³-hybridized carbons (Fsp3) is 0.250. The van der Waals surface area contributed by atoms with E-state index < -0.39 is 5.92 Å². The summed E-state index contributed by atoms with van der Waals surface area (Å²) in [6, 6.07) is 9.38. The molecule has 0 fully saturated rings. The van der Waals surface area contributed by atoms with Crippen molar-refractivity contribution in [3.8, 4) is 0 Å². The van der Waals surface area contributed by atoms with Gasteiger partial charge < -0.3 is 0 Å². The molecule has 1 aliphatic rings. The summed E-state index contributed by atoms with van der Waals surface area (Å²) in [4.78, 5) is 23.0. The first-order valence-electron chi connectivity index (χ1n) is 5.31. The van der Waals surface area contributed by atoms with Crippen LogP contribution in [0.5, 0.6) is 0 Å². The SMILES string of the molecule is CC(=O)NN1N=C(C)C(c2ccccc2)C1=O. The van der Waals surface area contributed by atoms with Crippen LogP contribution in [0.4, 0.5) is 0 Å². The number of amides is 2. The normalized spacial score (nSPS) is 19.2. The van der Waals surface area contributed by atoms with Crippen molar-refractivity contribution in [2.75, 3.05) is 0 Å². The fourth-order valence-electron chi connectivity index (χ4n) is 1.82. The summed E-state index contributed by atoms with van der Waals surface area (Å²) in [5.41, 5.74) is 3.94. The predicted octanol–water partition coefficient (Wildman–Crippen LogP) is 1.04. The molecular formula is C12H13N3O2. The van der Waals surface area contributed by atoms with Crippen LogP contribution in [0, 0.1) is 0 Å². The molecule has 2 rings (SSSR count). The molecule has 1 aliphatic heterocycles. The zero-order valence-electron chi connectivity index (χ0n) is 9.68. The highest BCUT2D eigenvalue weighted by Gasteiger charge is 2.35. The molecule has 2 amide bonds. The van der Waals surface area contributed by atoms with Crippen LogP contribution in [-0.4, -0.2) is 22.6 Å². The van der Waals surface area contributed by atoms with E-state index in [4.69, 9.17) is 0 Å². The molecule has 1 atom stereocenters. The van der Waals surface area contributed by atoms with Crippen molar-refractivity contribution in [2.45, 2.75) is 19.8 Å². The van der Waals surface area contributed by atoms with Gasteiger partial charge in [-0.3, -0.25) is 9.59 Å². The topological polar surface area (TPSA) is 61.8 Å². The van der Waals surface area contributed by atoms with Gasteiger partial charge in [0.2, 0.25) is 5.91 Å². The van der Waals surface area contributed by atoms with Crippen LogP contribution in [0.15, 0.2) is 35.4 Å². The summed E-state index contributed by atoms with van der Waals surface area (Å²) in [5.74, 6) is -0.949. The highest BCUT2D eigenvalue weighted by Crippen LogP contribution is 2.24. The fourth-order valence-corrected chi connectivity index (χ4v) is 1.82. The molecule has 1 heterocycles. The minimum Gasteiger partial charge on any atom is -0.274 e. The van der Waals surface area contributed by atoms with Gasteiger partial charge >= 0.3 is 0 Å². The molecule has 1 N–H and O–H groups in total. The number of rotatable bonds is 2. The van der Waals surface area contributed by atoms with Crippen molar-refractivity contribution < 1.29 is 9.59 Å². The van der Waals surface area contributed by atoms with Crippen molar-refractivity contribution in [2.24, 2.45) is 5.10 Å². The van der Waals surface area contributed by atoms with E-state index in [-0.39, 0.29) is 11.8 Å². The first kappa shape index (κ1) is 11.3. The number of nitrogens with one attached hydrogen (secondary N) is 1. The van der Waals surface area contributed by atoms with E-state index in [9.17, 15) is 9.59 Å².